The molecular formula is C14H26O2. The summed E-state index contributed by atoms with van der Waals surface area (Å²) in [6, 6.07) is 0. The monoisotopic (exact) mass is 226 g/mol. The first kappa shape index (κ1) is 15.2. The van der Waals surface area contributed by atoms with E-state index in [1.807, 2.05) is 6.92 Å². The highest BCUT2D eigenvalue weighted by atomic mass is 16.5. The van der Waals surface area contributed by atoms with E-state index in [9.17, 15) is 4.79 Å². The van der Waals surface area contributed by atoms with E-state index in [1.54, 1.807) is 0 Å². The van der Waals surface area contributed by atoms with Crippen molar-refractivity contribution in [3.8, 4) is 0 Å². The molecule has 1 unspecified atom stereocenters. The number of allylic oxidation sites excluding steroid dienone is 2. The molecule has 1 atom stereocenters. The summed E-state index contributed by atoms with van der Waals surface area (Å²) >= 11 is 0. The van der Waals surface area contributed by atoms with E-state index in [0.717, 1.165) is 19.3 Å². The number of rotatable bonds is 9. The van der Waals surface area contributed by atoms with Crippen LogP contribution in [0.25, 0.3) is 0 Å². The Balaban J connectivity index is 3.20. The van der Waals surface area contributed by atoms with Gasteiger partial charge in [-0.05, 0) is 39.0 Å². The molecule has 0 saturated carbocycles. The van der Waals surface area contributed by atoms with Crippen LogP contribution in [0.5, 0.6) is 0 Å². The third kappa shape index (κ3) is 11.3. The largest absolute Gasteiger partial charge is 0.463 e. The quantitative estimate of drug-likeness (QED) is 0.334. The first-order valence-electron chi connectivity index (χ1n) is 6.49. The molecule has 16 heavy (non-hydrogen) atoms. The van der Waals surface area contributed by atoms with Crippen LogP contribution in [0.4, 0.5) is 0 Å². The highest BCUT2D eigenvalue weighted by Crippen LogP contribution is 2.09. The molecule has 0 bridgehead atoms. The highest BCUT2D eigenvalue weighted by Gasteiger charge is 2.03. The number of esters is 1. The maximum Gasteiger partial charge on any atom is 0.302 e. The van der Waals surface area contributed by atoms with Gasteiger partial charge in [-0.3, -0.25) is 4.79 Å². The molecule has 0 aromatic rings. The lowest BCUT2D eigenvalue weighted by atomic mass is 10.1. The number of hydrogen-bond donors (Lipinski definition) is 0. The molecule has 0 aromatic carbocycles. The zero-order chi connectivity index (χ0) is 12.2. The van der Waals surface area contributed by atoms with Gasteiger partial charge in [0.25, 0.3) is 0 Å². The Morgan fingerprint density at radius 1 is 1.19 bits per heavy atom. The Kier molecular flexibility index (Phi) is 10.2. The predicted octanol–water partition coefficient (Wildman–Crippen LogP) is 4.24. The van der Waals surface area contributed by atoms with Gasteiger partial charge in [0.05, 0.1) is 6.10 Å². The zero-order valence-corrected chi connectivity index (χ0v) is 11.0. The zero-order valence-electron chi connectivity index (χ0n) is 11.0. The minimum absolute atomic E-state index is 0.0810. The summed E-state index contributed by atoms with van der Waals surface area (Å²) in [6.07, 6.45) is 12.9. The van der Waals surface area contributed by atoms with E-state index in [-0.39, 0.29) is 12.1 Å². The lowest BCUT2D eigenvalue weighted by Gasteiger charge is -2.10. The topological polar surface area (TPSA) is 26.3 Å². The van der Waals surface area contributed by atoms with Gasteiger partial charge in [-0.15, -0.1) is 0 Å². The molecule has 0 heterocycles. The summed E-state index contributed by atoms with van der Waals surface area (Å²) in [7, 11) is 0. The summed E-state index contributed by atoms with van der Waals surface area (Å²) < 4.78 is 5.06. The van der Waals surface area contributed by atoms with Gasteiger partial charge < -0.3 is 4.74 Å². The first-order chi connectivity index (χ1) is 7.66. The molecule has 2 heteroatoms. The Hall–Kier alpha value is -0.790. The normalized spacial score (nSPS) is 12.9. The predicted molar refractivity (Wildman–Crippen MR) is 68.4 cm³/mol. The molecule has 0 aliphatic heterocycles. The molecule has 94 valence electrons. The van der Waals surface area contributed by atoms with Crippen LogP contribution >= 0.6 is 0 Å². The Labute approximate surface area is 100 Å². The van der Waals surface area contributed by atoms with Gasteiger partial charge in [0.1, 0.15) is 0 Å². The van der Waals surface area contributed by atoms with Crippen LogP contribution in [0.15, 0.2) is 12.2 Å². The standard InChI is InChI=1S/C14H26O2/c1-4-5-6-7-8-9-10-11-12-13(2)16-14(3)15/h5-6,13H,4,7-12H2,1-3H3. The van der Waals surface area contributed by atoms with Crippen molar-refractivity contribution in [2.24, 2.45) is 0 Å². The molecule has 0 aliphatic carbocycles. The van der Waals surface area contributed by atoms with Crippen molar-refractivity contribution in [2.45, 2.75) is 71.8 Å². The summed E-state index contributed by atoms with van der Waals surface area (Å²) in [5.74, 6) is -0.169. The lowest BCUT2D eigenvalue weighted by Crippen LogP contribution is -2.11. The number of carbonyl (C=O) groups excluding carboxylic acids is 1. The van der Waals surface area contributed by atoms with E-state index in [1.165, 1.54) is 32.6 Å². The van der Waals surface area contributed by atoms with Gasteiger partial charge in [-0.25, -0.2) is 0 Å². The Morgan fingerprint density at radius 3 is 2.50 bits per heavy atom. The lowest BCUT2D eigenvalue weighted by molar-refractivity contribution is -0.145. The minimum Gasteiger partial charge on any atom is -0.463 e. The van der Waals surface area contributed by atoms with Crippen LogP contribution in [-0.2, 0) is 9.53 Å². The fourth-order valence-electron chi connectivity index (χ4n) is 1.67. The Bertz CT molecular complexity index is 197. The summed E-state index contributed by atoms with van der Waals surface area (Å²) in [6.45, 7) is 5.59. The van der Waals surface area contributed by atoms with E-state index >= 15 is 0 Å². The van der Waals surface area contributed by atoms with Crippen LogP contribution in [0, 0.1) is 0 Å². The molecule has 0 aliphatic rings. The summed E-state index contributed by atoms with van der Waals surface area (Å²) in [5, 5.41) is 0. The molecule has 0 fully saturated rings. The molecule has 0 amide bonds. The van der Waals surface area contributed by atoms with Gasteiger partial charge in [-0.1, -0.05) is 31.9 Å². The second-order valence-electron chi connectivity index (χ2n) is 4.29. The average Bonchev–Trinajstić information content (AvgIpc) is 2.21. The molecule has 0 rings (SSSR count). The van der Waals surface area contributed by atoms with Crippen LogP contribution in [0.1, 0.15) is 65.7 Å². The van der Waals surface area contributed by atoms with Crippen LogP contribution in [0.2, 0.25) is 0 Å². The van der Waals surface area contributed by atoms with Crippen LogP contribution < -0.4 is 0 Å². The average molecular weight is 226 g/mol. The summed E-state index contributed by atoms with van der Waals surface area (Å²) in [5.41, 5.74) is 0. The number of hydrogen-bond acceptors (Lipinski definition) is 2. The van der Waals surface area contributed by atoms with Gasteiger partial charge in [0.15, 0.2) is 0 Å². The maximum atomic E-state index is 10.7. The fourth-order valence-corrected chi connectivity index (χ4v) is 1.67. The molecule has 2 nitrogen and oxygen atoms in total. The molecule has 0 radical (unpaired) electrons. The summed E-state index contributed by atoms with van der Waals surface area (Å²) in [4.78, 5) is 10.7. The molecule has 0 spiro atoms. The van der Waals surface area contributed by atoms with Crippen molar-refractivity contribution in [1.29, 1.82) is 0 Å². The van der Waals surface area contributed by atoms with Gasteiger partial charge in [0.2, 0.25) is 0 Å². The Morgan fingerprint density at radius 2 is 1.88 bits per heavy atom. The van der Waals surface area contributed by atoms with Crippen molar-refractivity contribution in [3.63, 3.8) is 0 Å². The van der Waals surface area contributed by atoms with Gasteiger partial charge >= 0.3 is 5.97 Å². The maximum absolute atomic E-state index is 10.7. The van der Waals surface area contributed by atoms with Crippen molar-refractivity contribution >= 4 is 5.97 Å². The van der Waals surface area contributed by atoms with Gasteiger partial charge in [-0.2, -0.15) is 0 Å². The van der Waals surface area contributed by atoms with E-state index in [2.05, 4.69) is 19.1 Å². The molecular weight excluding hydrogens is 200 g/mol. The SMILES string of the molecule is CCC=CCCCCCCC(C)OC(C)=O. The number of carbonyl (C=O) groups is 1. The van der Waals surface area contributed by atoms with Gasteiger partial charge in [0, 0.05) is 6.92 Å². The van der Waals surface area contributed by atoms with Crippen molar-refractivity contribution in [2.75, 3.05) is 0 Å². The number of unbranched alkanes of at least 4 members (excludes halogenated alkanes) is 4. The molecule has 0 N–H and O–H groups in total. The molecule has 0 saturated heterocycles. The third-order valence-corrected chi connectivity index (χ3v) is 2.50. The minimum atomic E-state index is -0.169. The van der Waals surface area contributed by atoms with Crippen molar-refractivity contribution < 1.29 is 9.53 Å². The second-order valence-corrected chi connectivity index (χ2v) is 4.29. The smallest absolute Gasteiger partial charge is 0.302 e. The highest BCUT2D eigenvalue weighted by molar-refractivity contribution is 5.66. The van der Waals surface area contributed by atoms with E-state index in [4.69, 9.17) is 4.74 Å². The van der Waals surface area contributed by atoms with Crippen LogP contribution in [0.3, 0.4) is 0 Å². The number of ether oxygens (including phenoxy) is 1. The van der Waals surface area contributed by atoms with Crippen LogP contribution in [-0.4, -0.2) is 12.1 Å². The third-order valence-electron chi connectivity index (χ3n) is 2.50. The fraction of sp³-hybridized carbons (Fsp3) is 0.786. The first-order valence-corrected chi connectivity index (χ1v) is 6.49. The second kappa shape index (κ2) is 10.7. The van der Waals surface area contributed by atoms with Crippen molar-refractivity contribution in [3.05, 3.63) is 12.2 Å². The van der Waals surface area contributed by atoms with E-state index in [0.29, 0.717) is 0 Å². The molecule has 0 aromatic heterocycles. The van der Waals surface area contributed by atoms with E-state index < -0.39 is 0 Å². The van der Waals surface area contributed by atoms with Crippen molar-refractivity contribution in [1.82, 2.24) is 0 Å².